The standard InChI is InChI=1S/C16H20ClNO3.ClH/c17-14-6-10(7-16(19)20)4-5-15(14)21-13-8-11-2-1-3-12(9-13)18-11;/h4-6,11-13,18H,1-3,7-9H2,(H,19,20);1H/t11-,12+,13?;. The summed E-state index contributed by atoms with van der Waals surface area (Å²) in [5.74, 6) is -0.193. The van der Waals surface area contributed by atoms with Crippen molar-refractivity contribution in [2.75, 3.05) is 0 Å². The van der Waals surface area contributed by atoms with E-state index in [9.17, 15) is 4.79 Å². The molecule has 0 saturated carbocycles. The number of fused-ring (bicyclic) bond motifs is 2. The van der Waals surface area contributed by atoms with Crippen molar-refractivity contribution in [1.82, 2.24) is 5.32 Å². The monoisotopic (exact) mass is 345 g/mol. The van der Waals surface area contributed by atoms with Crippen LogP contribution in [0.3, 0.4) is 0 Å². The van der Waals surface area contributed by atoms with Gasteiger partial charge in [0, 0.05) is 12.1 Å². The molecule has 0 amide bonds. The molecule has 0 aromatic heterocycles. The quantitative estimate of drug-likeness (QED) is 0.877. The maximum Gasteiger partial charge on any atom is 0.307 e. The van der Waals surface area contributed by atoms with E-state index >= 15 is 0 Å². The van der Waals surface area contributed by atoms with Crippen LogP contribution >= 0.6 is 24.0 Å². The van der Waals surface area contributed by atoms with Crippen molar-refractivity contribution < 1.29 is 14.6 Å². The topological polar surface area (TPSA) is 58.6 Å². The molecule has 2 aliphatic rings. The van der Waals surface area contributed by atoms with E-state index in [1.807, 2.05) is 0 Å². The van der Waals surface area contributed by atoms with Gasteiger partial charge in [0.2, 0.25) is 0 Å². The zero-order chi connectivity index (χ0) is 14.8. The van der Waals surface area contributed by atoms with Crippen molar-refractivity contribution >= 4 is 30.0 Å². The van der Waals surface area contributed by atoms with Crippen molar-refractivity contribution in [3.05, 3.63) is 28.8 Å². The van der Waals surface area contributed by atoms with Gasteiger partial charge in [0.1, 0.15) is 11.9 Å². The van der Waals surface area contributed by atoms with Crippen LogP contribution < -0.4 is 10.1 Å². The second-order valence-corrected chi connectivity index (χ2v) is 6.45. The van der Waals surface area contributed by atoms with E-state index in [0.29, 0.717) is 28.4 Å². The third kappa shape index (κ3) is 4.28. The van der Waals surface area contributed by atoms with Crippen LogP contribution in [0, 0.1) is 0 Å². The van der Waals surface area contributed by atoms with Crippen LogP contribution in [0.15, 0.2) is 18.2 Å². The number of nitrogens with one attached hydrogen (secondary N) is 1. The van der Waals surface area contributed by atoms with Crippen molar-refractivity contribution in [2.45, 2.75) is 56.7 Å². The SMILES string of the molecule is Cl.O=C(O)Cc1ccc(OC2C[C@H]3CCC[C@@H](C2)N3)c(Cl)c1. The van der Waals surface area contributed by atoms with E-state index in [4.69, 9.17) is 21.4 Å². The van der Waals surface area contributed by atoms with E-state index in [1.165, 1.54) is 19.3 Å². The number of piperidine rings is 2. The lowest BCUT2D eigenvalue weighted by molar-refractivity contribution is -0.136. The average molecular weight is 346 g/mol. The first-order valence-corrected chi connectivity index (χ1v) is 7.91. The predicted molar refractivity (Wildman–Crippen MR) is 88.3 cm³/mol. The molecule has 3 rings (SSSR count). The lowest BCUT2D eigenvalue weighted by atomic mass is 9.85. The number of carboxylic acid groups (broad SMARTS) is 1. The molecule has 2 fully saturated rings. The molecule has 1 unspecified atom stereocenters. The normalized spacial score (nSPS) is 26.9. The minimum Gasteiger partial charge on any atom is -0.489 e. The second kappa shape index (κ2) is 7.53. The minimum atomic E-state index is -0.856. The molecule has 6 heteroatoms. The predicted octanol–water partition coefficient (Wildman–Crippen LogP) is 3.44. The maximum absolute atomic E-state index is 10.7. The van der Waals surface area contributed by atoms with Gasteiger partial charge in [-0.2, -0.15) is 0 Å². The highest BCUT2D eigenvalue weighted by molar-refractivity contribution is 6.32. The third-order valence-corrected chi connectivity index (χ3v) is 4.61. The summed E-state index contributed by atoms with van der Waals surface area (Å²) in [7, 11) is 0. The summed E-state index contributed by atoms with van der Waals surface area (Å²) in [6, 6.07) is 6.38. The number of carboxylic acids is 1. The molecule has 0 aliphatic carbocycles. The largest absolute Gasteiger partial charge is 0.489 e. The van der Waals surface area contributed by atoms with Gasteiger partial charge in [-0.05, 0) is 43.4 Å². The Bertz CT molecular complexity index is 526. The summed E-state index contributed by atoms with van der Waals surface area (Å²) in [4.78, 5) is 10.7. The van der Waals surface area contributed by atoms with E-state index in [0.717, 1.165) is 12.8 Å². The number of halogens is 2. The van der Waals surface area contributed by atoms with E-state index in [-0.39, 0.29) is 24.9 Å². The van der Waals surface area contributed by atoms with Gasteiger partial charge in [0.05, 0.1) is 11.4 Å². The number of ether oxygens (including phenoxy) is 1. The Labute approximate surface area is 141 Å². The Morgan fingerprint density at radius 2 is 2.00 bits per heavy atom. The molecule has 22 heavy (non-hydrogen) atoms. The number of hydrogen-bond acceptors (Lipinski definition) is 3. The Balaban J connectivity index is 0.00000176. The zero-order valence-corrected chi connectivity index (χ0v) is 13.8. The first kappa shape index (κ1) is 17.4. The highest BCUT2D eigenvalue weighted by Crippen LogP contribution is 2.32. The fourth-order valence-electron chi connectivity index (χ4n) is 3.41. The van der Waals surface area contributed by atoms with Crippen molar-refractivity contribution in [2.24, 2.45) is 0 Å². The molecule has 2 N–H and O–H groups in total. The molecule has 122 valence electrons. The van der Waals surface area contributed by atoms with Crippen LogP contribution in [-0.4, -0.2) is 29.3 Å². The van der Waals surface area contributed by atoms with E-state index in [2.05, 4.69) is 5.32 Å². The van der Waals surface area contributed by atoms with Crippen molar-refractivity contribution in [1.29, 1.82) is 0 Å². The number of rotatable bonds is 4. The average Bonchev–Trinajstić information content (AvgIpc) is 2.41. The molecule has 0 radical (unpaired) electrons. The first-order valence-electron chi connectivity index (χ1n) is 7.53. The van der Waals surface area contributed by atoms with Crippen LogP contribution in [0.4, 0.5) is 0 Å². The lowest BCUT2D eigenvalue weighted by Crippen LogP contribution is -2.51. The second-order valence-electron chi connectivity index (χ2n) is 6.04. The summed E-state index contributed by atoms with van der Waals surface area (Å²) in [5.41, 5.74) is 0.696. The van der Waals surface area contributed by atoms with E-state index < -0.39 is 5.97 Å². The van der Waals surface area contributed by atoms with E-state index in [1.54, 1.807) is 18.2 Å². The number of hydrogen-bond donors (Lipinski definition) is 2. The van der Waals surface area contributed by atoms with Crippen LogP contribution in [-0.2, 0) is 11.2 Å². The summed E-state index contributed by atoms with van der Waals surface area (Å²) in [6.45, 7) is 0. The molecule has 4 nitrogen and oxygen atoms in total. The fraction of sp³-hybridized carbons (Fsp3) is 0.562. The minimum absolute atomic E-state index is 0. The molecule has 2 heterocycles. The van der Waals surface area contributed by atoms with Gasteiger partial charge in [0.15, 0.2) is 0 Å². The first-order chi connectivity index (χ1) is 10.1. The molecule has 1 aromatic carbocycles. The third-order valence-electron chi connectivity index (χ3n) is 4.32. The summed E-state index contributed by atoms with van der Waals surface area (Å²) >= 11 is 6.22. The van der Waals surface area contributed by atoms with Gasteiger partial charge >= 0.3 is 5.97 Å². The molecule has 0 spiro atoms. The lowest BCUT2D eigenvalue weighted by Gasteiger charge is -2.40. The Morgan fingerprint density at radius 1 is 1.32 bits per heavy atom. The number of carbonyl (C=O) groups is 1. The molecular formula is C16H21Cl2NO3. The molecule has 2 bridgehead atoms. The van der Waals surface area contributed by atoms with Gasteiger partial charge in [-0.25, -0.2) is 0 Å². The van der Waals surface area contributed by atoms with Crippen molar-refractivity contribution in [3.63, 3.8) is 0 Å². The molecule has 3 atom stereocenters. The van der Waals surface area contributed by atoms with Crippen LogP contribution in [0.1, 0.15) is 37.7 Å². The van der Waals surface area contributed by atoms with Gasteiger partial charge in [-0.15, -0.1) is 12.4 Å². The smallest absolute Gasteiger partial charge is 0.307 e. The molecule has 2 aliphatic heterocycles. The number of benzene rings is 1. The van der Waals surface area contributed by atoms with Gasteiger partial charge in [-0.3, -0.25) is 4.79 Å². The van der Waals surface area contributed by atoms with Crippen LogP contribution in [0.2, 0.25) is 5.02 Å². The zero-order valence-electron chi connectivity index (χ0n) is 12.3. The molecule has 1 aromatic rings. The van der Waals surface area contributed by atoms with Gasteiger partial charge in [0.25, 0.3) is 0 Å². The summed E-state index contributed by atoms with van der Waals surface area (Å²) in [6.07, 6.45) is 5.97. The molecule has 2 saturated heterocycles. The summed E-state index contributed by atoms with van der Waals surface area (Å²) < 4.78 is 6.06. The number of aliphatic carboxylic acids is 1. The maximum atomic E-state index is 10.7. The fourth-order valence-corrected chi connectivity index (χ4v) is 3.66. The molecular weight excluding hydrogens is 325 g/mol. The summed E-state index contributed by atoms with van der Waals surface area (Å²) in [5, 5.41) is 12.9. The van der Waals surface area contributed by atoms with Crippen LogP contribution in [0.25, 0.3) is 0 Å². The van der Waals surface area contributed by atoms with Gasteiger partial charge in [-0.1, -0.05) is 24.1 Å². The van der Waals surface area contributed by atoms with Gasteiger partial charge < -0.3 is 15.2 Å². The Kier molecular flexibility index (Phi) is 5.95. The highest BCUT2D eigenvalue weighted by atomic mass is 35.5. The Hall–Kier alpha value is -0.970. The highest BCUT2D eigenvalue weighted by Gasteiger charge is 2.32. The van der Waals surface area contributed by atoms with Crippen LogP contribution in [0.5, 0.6) is 5.75 Å². The Morgan fingerprint density at radius 3 is 2.59 bits per heavy atom. The van der Waals surface area contributed by atoms with Crippen molar-refractivity contribution in [3.8, 4) is 5.75 Å².